The van der Waals surface area contributed by atoms with Crippen LogP contribution in [0.5, 0.6) is 0 Å². The molecule has 1 heterocycles. The number of aryl methyl sites for hydroxylation is 1. The van der Waals surface area contributed by atoms with Crippen LogP contribution in [0.4, 0.5) is 26.1 Å². The van der Waals surface area contributed by atoms with E-state index in [9.17, 15) is 8.78 Å². The molecule has 4 nitrogen and oxygen atoms in total. The molecule has 1 aromatic carbocycles. The van der Waals surface area contributed by atoms with Crippen molar-refractivity contribution in [1.82, 2.24) is 9.97 Å². The number of hydrogen-bond donors (Lipinski definition) is 2. The second kappa shape index (κ2) is 5.63. The summed E-state index contributed by atoms with van der Waals surface area (Å²) in [4.78, 5) is 8.48. The van der Waals surface area contributed by atoms with E-state index in [4.69, 9.17) is 5.73 Å². The third kappa shape index (κ3) is 2.94. The molecule has 0 unspecified atom stereocenters. The van der Waals surface area contributed by atoms with Crippen LogP contribution in [0.3, 0.4) is 0 Å². The van der Waals surface area contributed by atoms with Crippen molar-refractivity contribution in [3.05, 3.63) is 40.7 Å². The summed E-state index contributed by atoms with van der Waals surface area (Å²) in [6.45, 7) is 7.11. The fourth-order valence-electron chi connectivity index (χ4n) is 1.82. The summed E-state index contributed by atoms with van der Waals surface area (Å²) < 4.78 is 27.9. The van der Waals surface area contributed by atoms with Gasteiger partial charge in [-0.2, -0.15) is 0 Å². The van der Waals surface area contributed by atoms with Gasteiger partial charge in [-0.05, 0) is 25.5 Å². The van der Waals surface area contributed by atoms with E-state index < -0.39 is 11.6 Å². The smallest absolute Gasteiger partial charge is 0.152 e. The van der Waals surface area contributed by atoms with Crippen molar-refractivity contribution < 1.29 is 8.78 Å². The number of rotatable bonds is 3. The van der Waals surface area contributed by atoms with Crippen LogP contribution < -0.4 is 11.1 Å². The Morgan fingerprint density at radius 3 is 2.43 bits per heavy atom. The first-order chi connectivity index (χ1) is 9.81. The third-order valence-corrected chi connectivity index (χ3v) is 3.24. The molecular weight excluding hydrogens is 274 g/mol. The van der Waals surface area contributed by atoms with Crippen molar-refractivity contribution >= 4 is 17.3 Å². The van der Waals surface area contributed by atoms with Gasteiger partial charge in [-0.15, -0.1) is 0 Å². The van der Waals surface area contributed by atoms with Crippen LogP contribution in [0.25, 0.3) is 0 Å². The van der Waals surface area contributed by atoms with E-state index in [2.05, 4.69) is 15.3 Å². The molecule has 2 rings (SSSR count). The first-order valence-corrected chi connectivity index (χ1v) is 6.67. The van der Waals surface area contributed by atoms with Gasteiger partial charge in [0.05, 0.1) is 0 Å². The maximum atomic E-state index is 14.1. The number of nitrogens with two attached hydrogens (primary N) is 1. The number of hydrogen-bond acceptors (Lipinski definition) is 4. The summed E-state index contributed by atoms with van der Waals surface area (Å²) in [6, 6.07) is 2.60. The number of nitrogen functional groups attached to an aromatic ring is 1. The number of anilines is 3. The van der Waals surface area contributed by atoms with Crippen molar-refractivity contribution in [3.63, 3.8) is 0 Å². The number of benzene rings is 1. The van der Waals surface area contributed by atoms with Crippen LogP contribution >= 0.6 is 0 Å². The molecule has 0 aliphatic carbocycles. The van der Waals surface area contributed by atoms with Crippen LogP contribution in [-0.4, -0.2) is 9.97 Å². The highest BCUT2D eigenvalue weighted by atomic mass is 19.1. The third-order valence-electron chi connectivity index (χ3n) is 3.24. The molecule has 0 fully saturated rings. The lowest BCUT2D eigenvalue weighted by Gasteiger charge is -2.15. The summed E-state index contributed by atoms with van der Waals surface area (Å²) in [5.41, 5.74) is 6.51. The number of aromatic nitrogens is 2. The molecule has 0 aliphatic rings. The van der Waals surface area contributed by atoms with Gasteiger partial charge in [0.15, 0.2) is 5.82 Å². The molecule has 0 radical (unpaired) electrons. The number of halogens is 2. The Hall–Kier alpha value is -2.24. The maximum absolute atomic E-state index is 14.1. The zero-order valence-corrected chi connectivity index (χ0v) is 12.5. The highest BCUT2D eigenvalue weighted by Gasteiger charge is 2.16. The van der Waals surface area contributed by atoms with Gasteiger partial charge in [0.25, 0.3) is 0 Å². The van der Waals surface area contributed by atoms with Gasteiger partial charge in [-0.25, -0.2) is 18.7 Å². The summed E-state index contributed by atoms with van der Waals surface area (Å²) >= 11 is 0. The molecule has 0 atom stereocenters. The zero-order valence-electron chi connectivity index (χ0n) is 12.5. The molecule has 6 heteroatoms. The molecule has 0 amide bonds. The Bertz CT molecular complexity index is 684. The van der Waals surface area contributed by atoms with Crippen LogP contribution in [-0.2, 0) is 0 Å². The Morgan fingerprint density at radius 1 is 1.14 bits per heavy atom. The largest absolute Gasteiger partial charge is 0.383 e. The maximum Gasteiger partial charge on any atom is 0.152 e. The van der Waals surface area contributed by atoms with E-state index >= 15 is 0 Å². The van der Waals surface area contributed by atoms with E-state index in [-0.39, 0.29) is 11.6 Å². The SMILES string of the molecule is Cc1ccc(F)c(Nc2nc(C(C)C)nc(N)c2C)c1F. The van der Waals surface area contributed by atoms with Gasteiger partial charge >= 0.3 is 0 Å². The van der Waals surface area contributed by atoms with E-state index in [0.29, 0.717) is 28.6 Å². The van der Waals surface area contributed by atoms with Gasteiger partial charge in [-0.1, -0.05) is 19.9 Å². The van der Waals surface area contributed by atoms with E-state index in [1.165, 1.54) is 12.1 Å². The molecule has 21 heavy (non-hydrogen) atoms. The summed E-state index contributed by atoms with van der Waals surface area (Å²) in [5.74, 6) is -0.132. The van der Waals surface area contributed by atoms with E-state index in [1.54, 1.807) is 13.8 Å². The molecular formula is C15H18F2N4. The molecule has 2 aromatic rings. The van der Waals surface area contributed by atoms with Crippen LogP contribution in [0.15, 0.2) is 12.1 Å². The highest BCUT2D eigenvalue weighted by molar-refractivity contribution is 5.65. The normalized spacial score (nSPS) is 11.0. The Labute approximate surface area is 122 Å². The topological polar surface area (TPSA) is 63.8 Å². The quantitative estimate of drug-likeness (QED) is 0.902. The fraction of sp³-hybridized carbons (Fsp3) is 0.333. The number of nitrogens with zero attached hydrogens (tertiary/aromatic N) is 2. The fourth-order valence-corrected chi connectivity index (χ4v) is 1.82. The van der Waals surface area contributed by atoms with Gasteiger partial charge in [0.2, 0.25) is 0 Å². The van der Waals surface area contributed by atoms with E-state index in [1.807, 2.05) is 13.8 Å². The molecule has 0 bridgehead atoms. The first-order valence-electron chi connectivity index (χ1n) is 6.67. The minimum absolute atomic E-state index is 0.0562. The minimum atomic E-state index is -0.680. The van der Waals surface area contributed by atoms with E-state index in [0.717, 1.165) is 0 Å². The molecule has 1 aromatic heterocycles. The standard InChI is InChI=1S/C15H18F2N4/c1-7(2)14-20-13(18)9(4)15(21-14)19-12-10(16)6-5-8(3)11(12)17/h5-7H,1-4H3,(H3,18,19,20,21). The summed E-state index contributed by atoms with van der Waals surface area (Å²) in [5, 5.41) is 2.70. The predicted octanol–water partition coefficient (Wildman–Crippen LogP) is 3.82. The van der Waals surface area contributed by atoms with Gasteiger partial charge in [-0.3, -0.25) is 0 Å². The van der Waals surface area contributed by atoms with Gasteiger partial charge < -0.3 is 11.1 Å². The average molecular weight is 292 g/mol. The molecule has 0 saturated heterocycles. The number of nitrogens with one attached hydrogen (secondary N) is 1. The lowest BCUT2D eigenvalue weighted by atomic mass is 10.1. The summed E-state index contributed by atoms with van der Waals surface area (Å²) in [6.07, 6.45) is 0. The van der Waals surface area contributed by atoms with Crippen molar-refractivity contribution in [2.24, 2.45) is 0 Å². The summed E-state index contributed by atoms with van der Waals surface area (Å²) in [7, 11) is 0. The predicted molar refractivity (Wildman–Crippen MR) is 79.6 cm³/mol. The molecule has 0 spiro atoms. The zero-order chi connectivity index (χ0) is 15.7. The Kier molecular flexibility index (Phi) is 4.06. The van der Waals surface area contributed by atoms with Crippen molar-refractivity contribution in [1.29, 1.82) is 0 Å². The van der Waals surface area contributed by atoms with Gasteiger partial charge in [0.1, 0.15) is 29.0 Å². The second-order valence-corrected chi connectivity index (χ2v) is 5.27. The first kappa shape index (κ1) is 15.2. The van der Waals surface area contributed by atoms with Crippen LogP contribution in [0, 0.1) is 25.5 Å². The van der Waals surface area contributed by atoms with Gasteiger partial charge in [0, 0.05) is 11.5 Å². The lowest BCUT2D eigenvalue weighted by Crippen LogP contribution is -2.09. The Balaban J connectivity index is 2.52. The molecule has 112 valence electrons. The Morgan fingerprint density at radius 2 is 1.81 bits per heavy atom. The highest BCUT2D eigenvalue weighted by Crippen LogP contribution is 2.28. The molecule has 0 aliphatic heterocycles. The minimum Gasteiger partial charge on any atom is -0.383 e. The van der Waals surface area contributed by atoms with Crippen molar-refractivity contribution in [2.75, 3.05) is 11.1 Å². The average Bonchev–Trinajstić information content (AvgIpc) is 2.43. The monoisotopic (exact) mass is 292 g/mol. The van der Waals surface area contributed by atoms with Crippen LogP contribution in [0.2, 0.25) is 0 Å². The van der Waals surface area contributed by atoms with Crippen LogP contribution in [0.1, 0.15) is 36.7 Å². The van der Waals surface area contributed by atoms with Crippen molar-refractivity contribution in [3.8, 4) is 0 Å². The molecule has 3 N–H and O–H groups in total. The molecule has 0 saturated carbocycles. The lowest BCUT2D eigenvalue weighted by molar-refractivity contribution is 0.584. The second-order valence-electron chi connectivity index (χ2n) is 5.27. The van der Waals surface area contributed by atoms with Crippen molar-refractivity contribution in [2.45, 2.75) is 33.6 Å².